The highest BCUT2D eigenvalue weighted by atomic mass is 16.7. The Hall–Kier alpha value is -3.23. The molecule has 9 heteroatoms. The zero-order valence-corrected chi connectivity index (χ0v) is 26.2. The van der Waals surface area contributed by atoms with Crippen molar-refractivity contribution in [3.63, 3.8) is 0 Å². The number of piperidine rings is 1. The second-order valence-corrected chi connectivity index (χ2v) is 13.7. The van der Waals surface area contributed by atoms with Gasteiger partial charge in [0, 0.05) is 31.0 Å². The third-order valence-electron chi connectivity index (χ3n) is 8.26. The minimum atomic E-state index is -0.930. The number of fused-ring (bicyclic) bond motifs is 3. The van der Waals surface area contributed by atoms with Gasteiger partial charge < -0.3 is 23.5 Å². The number of unbranched alkanes of at least 4 members (excludes halogenated alkanes) is 2. The van der Waals surface area contributed by atoms with Crippen molar-refractivity contribution in [2.75, 3.05) is 19.7 Å². The van der Waals surface area contributed by atoms with Crippen molar-refractivity contribution in [2.24, 2.45) is 5.41 Å². The summed E-state index contributed by atoms with van der Waals surface area (Å²) < 4.78 is 23.3. The standard InChI is InChI=1S/C33H48N2O7/c1-9-11-13-14-17-34-18-16-25-24-19-23(15-12-10-2)40-26(24)27-33(25,28(34)36)20-22(21-39-30(38)42-32(6,7)8)35(27)29(37)41-31(3,4)5/h9-10,19,22,25,27H,1-2,11-18,20-21H2,3-8H3/t22-,25?,27?,33?/m1/s1. The van der Waals surface area contributed by atoms with E-state index in [0.717, 1.165) is 43.4 Å². The fraction of sp³-hybridized carbons (Fsp3) is 0.667. The molecule has 2 aliphatic heterocycles. The van der Waals surface area contributed by atoms with Crippen LogP contribution in [0.5, 0.6) is 0 Å². The van der Waals surface area contributed by atoms with Crippen molar-refractivity contribution in [3.8, 4) is 0 Å². The van der Waals surface area contributed by atoms with Gasteiger partial charge in [0.1, 0.15) is 35.4 Å². The lowest BCUT2D eigenvalue weighted by atomic mass is 9.67. The van der Waals surface area contributed by atoms with E-state index in [4.69, 9.17) is 18.6 Å². The summed E-state index contributed by atoms with van der Waals surface area (Å²) in [5, 5.41) is 0. The highest BCUT2D eigenvalue weighted by Gasteiger charge is 2.70. The minimum Gasteiger partial charge on any atom is -0.464 e. The molecule has 42 heavy (non-hydrogen) atoms. The highest BCUT2D eigenvalue weighted by molar-refractivity contribution is 5.89. The molecular weight excluding hydrogens is 536 g/mol. The van der Waals surface area contributed by atoms with Gasteiger partial charge in [-0.3, -0.25) is 9.69 Å². The first-order chi connectivity index (χ1) is 19.7. The van der Waals surface area contributed by atoms with E-state index in [0.29, 0.717) is 31.7 Å². The Morgan fingerprint density at radius 2 is 1.76 bits per heavy atom. The summed E-state index contributed by atoms with van der Waals surface area (Å²) in [4.78, 5) is 44.6. The average molecular weight is 585 g/mol. The van der Waals surface area contributed by atoms with Crippen LogP contribution >= 0.6 is 0 Å². The Balaban J connectivity index is 1.74. The summed E-state index contributed by atoms with van der Waals surface area (Å²) >= 11 is 0. The molecule has 4 atom stereocenters. The number of rotatable bonds is 10. The molecule has 2 saturated heterocycles. The van der Waals surface area contributed by atoms with Crippen LogP contribution in [0.4, 0.5) is 9.59 Å². The second kappa shape index (κ2) is 12.2. The normalized spacial score (nSPS) is 25.0. The van der Waals surface area contributed by atoms with E-state index < -0.39 is 40.9 Å². The van der Waals surface area contributed by atoms with Crippen LogP contribution in [0.3, 0.4) is 0 Å². The summed E-state index contributed by atoms with van der Waals surface area (Å²) in [6.07, 6.45) is 7.63. The van der Waals surface area contributed by atoms with Crippen molar-refractivity contribution in [1.29, 1.82) is 0 Å². The monoisotopic (exact) mass is 584 g/mol. The van der Waals surface area contributed by atoms with Crippen LogP contribution in [-0.4, -0.2) is 64.9 Å². The summed E-state index contributed by atoms with van der Waals surface area (Å²) in [5.74, 6) is 1.36. The molecule has 3 heterocycles. The zero-order valence-electron chi connectivity index (χ0n) is 26.2. The Kier molecular flexibility index (Phi) is 9.19. The summed E-state index contributed by atoms with van der Waals surface area (Å²) in [6, 6.07) is 0.802. The number of likely N-dealkylation sites (tertiary alicyclic amines) is 2. The lowest BCUT2D eigenvalue weighted by Crippen LogP contribution is -2.53. The molecule has 1 aromatic heterocycles. The predicted molar refractivity (Wildman–Crippen MR) is 159 cm³/mol. The second-order valence-electron chi connectivity index (χ2n) is 13.7. The van der Waals surface area contributed by atoms with Gasteiger partial charge in [0.2, 0.25) is 5.91 Å². The Morgan fingerprint density at radius 3 is 2.40 bits per heavy atom. The summed E-state index contributed by atoms with van der Waals surface area (Å²) in [5.41, 5.74) is -1.43. The first kappa shape index (κ1) is 31.7. The van der Waals surface area contributed by atoms with E-state index in [1.165, 1.54) is 0 Å². The van der Waals surface area contributed by atoms with Crippen LogP contribution in [0, 0.1) is 5.41 Å². The molecule has 0 aromatic carbocycles. The molecule has 3 unspecified atom stereocenters. The van der Waals surface area contributed by atoms with Gasteiger partial charge in [0.25, 0.3) is 0 Å². The number of carbonyl (C=O) groups excluding carboxylic acids is 3. The van der Waals surface area contributed by atoms with E-state index in [1.54, 1.807) is 25.7 Å². The summed E-state index contributed by atoms with van der Waals surface area (Å²) in [6.45, 7) is 19.5. The number of allylic oxidation sites excluding steroid dienone is 2. The first-order valence-corrected chi connectivity index (χ1v) is 15.2. The van der Waals surface area contributed by atoms with Crippen molar-refractivity contribution < 1.29 is 33.0 Å². The van der Waals surface area contributed by atoms with Crippen LogP contribution in [0.25, 0.3) is 0 Å². The molecule has 0 saturated carbocycles. The maximum absolute atomic E-state index is 14.6. The van der Waals surface area contributed by atoms with Gasteiger partial charge in [0.15, 0.2) is 0 Å². The highest BCUT2D eigenvalue weighted by Crippen LogP contribution is 2.67. The molecule has 2 fully saturated rings. The molecule has 2 amide bonds. The molecule has 0 N–H and O–H groups in total. The van der Waals surface area contributed by atoms with Crippen molar-refractivity contribution in [2.45, 2.75) is 116 Å². The fourth-order valence-electron chi connectivity index (χ4n) is 6.76. The number of carbonyl (C=O) groups is 3. The van der Waals surface area contributed by atoms with E-state index in [9.17, 15) is 14.4 Å². The SMILES string of the molecule is C=CCCCCN1CCC2c3cc(CCC=C)oc3C3N(C(=O)OC(C)(C)C)[C@@H](COC(=O)OC(C)(C)C)CC23C1=O. The van der Waals surface area contributed by atoms with Gasteiger partial charge in [-0.25, -0.2) is 9.59 Å². The lowest BCUT2D eigenvalue weighted by Gasteiger charge is -2.44. The molecule has 9 nitrogen and oxygen atoms in total. The van der Waals surface area contributed by atoms with Gasteiger partial charge in [0.05, 0.1) is 11.5 Å². The molecular formula is C33H48N2O7. The van der Waals surface area contributed by atoms with E-state index in [-0.39, 0.29) is 18.4 Å². The molecule has 1 aliphatic carbocycles. The van der Waals surface area contributed by atoms with E-state index in [1.807, 2.05) is 37.8 Å². The molecule has 0 bridgehead atoms. The Labute approximate surface area is 250 Å². The Bertz CT molecular complexity index is 1190. The smallest absolute Gasteiger partial charge is 0.464 e. The predicted octanol–water partition coefficient (Wildman–Crippen LogP) is 7.07. The third-order valence-corrected chi connectivity index (χ3v) is 8.26. The van der Waals surface area contributed by atoms with Gasteiger partial charge in [-0.15, -0.1) is 13.2 Å². The van der Waals surface area contributed by atoms with Gasteiger partial charge in [-0.2, -0.15) is 0 Å². The maximum atomic E-state index is 14.6. The third kappa shape index (κ3) is 6.40. The molecule has 232 valence electrons. The zero-order chi connectivity index (χ0) is 30.9. The minimum absolute atomic E-state index is 0.0229. The number of amides is 2. The van der Waals surface area contributed by atoms with Gasteiger partial charge >= 0.3 is 12.2 Å². The lowest BCUT2D eigenvalue weighted by molar-refractivity contribution is -0.149. The van der Waals surface area contributed by atoms with Crippen molar-refractivity contribution in [1.82, 2.24) is 9.80 Å². The molecule has 3 aliphatic rings. The topological polar surface area (TPSA) is 98.5 Å². The number of ether oxygens (including phenoxy) is 3. The number of hydrogen-bond acceptors (Lipinski definition) is 7. The maximum Gasteiger partial charge on any atom is 0.508 e. The molecule has 1 spiro atoms. The van der Waals surface area contributed by atoms with Crippen LogP contribution in [0.15, 0.2) is 35.8 Å². The van der Waals surface area contributed by atoms with Gasteiger partial charge in [-0.1, -0.05) is 12.2 Å². The van der Waals surface area contributed by atoms with Gasteiger partial charge in [-0.05, 0) is 86.1 Å². The Morgan fingerprint density at radius 1 is 1.07 bits per heavy atom. The number of hydrogen-bond donors (Lipinski definition) is 0. The first-order valence-electron chi connectivity index (χ1n) is 15.2. The van der Waals surface area contributed by atoms with E-state index in [2.05, 4.69) is 19.2 Å². The van der Waals surface area contributed by atoms with Crippen LogP contribution in [-0.2, 0) is 25.4 Å². The van der Waals surface area contributed by atoms with E-state index >= 15 is 0 Å². The van der Waals surface area contributed by atoms with Crippen LogP contribution in [0.2, 0.25) is 0 Å². The quantitative estimate of drug-likeness (QED) is 0.165. The van der Waals surface area contributed by atoms with Crippen LogP contribution in [0.1, 0.15) is 109 Å². The molecule has 0 radical (unpaired) electrons. The molecule has 4 rings (SSSR count). The van der Waals surface area contributed by atoms with Crippen molar-refractivity contribution in [3.05, 3.63) is 48.5 Å². The van der Waals surface area contributed by atoms with Crippen molar-refractivity contribution >= 4 is 18.2 Å². The largest absolute Gasteiger partial charge is 0.508 e. The molecule has 1 aromatic rings. The summed E-state index contributed by atoms with van der Waals surface area (Å²) in [7, 11) is 0. The fourth-order valence-corrected chi connectivity index (χ4v) is 6.76. The number of furan rings is 1. The van der Waals surface area contributed by atoms with Crippen LogP contribution < -0.4 is 0 Å². The average Bonchev–Trinajstić information content (AvgIpc) is 3.50. The number of aryl methyl sites for hydroxylation is 1. The number of nitrogens with zero attached hydrogens (tertiary/aromatic N) is 2.